The SMILES string of the molecule is CC(C)c1cc(-c2ccc(C(=O)O)cc2)c(O)c2c1C[C@H]1C[C@H]3CC(=O)C(C(N)=O)=C(O)[C@@]3(O)C(=O)C1=C2O. The van der Waals surface area contributed by atoms with Gasteiger partial charge in [0.05, 0.1) is 11.1 Å². The largest absolute Gasteiger partial charge is 0.508 e. The van der Waals surface area contributed by atoms with Crippen molar-refractivity contribution in [1.82, 2.24) is 0 Å². The van der Waals surface area contributed by atoms with Gasteiger partial charge in [0.25, 0.3) is 5.91 Å². The van der Waals surface area contributed by atoms with Gasteiger partial charge in [-0.2, -0.15) is 0 Å². The number of carboxylic acids is 1. The third-order valence-corrected chi connectivity index (χ3v) is 8.16. The van der Waals surface area contributed by atoms with E-state index in [0.717, 1.165) is 5.56 Å². The van der Waals surface area contributed by atoms with E-state index in [1.54, 1.807) is 6.07 Å². The van der Waals surface area contributed by atoms with Gasteiger partial charge in [0, 0.05) is 23.5 Å². The molecule has 2 aromatic carbocycles. The van der Waals surface area contributed by atoms with Gasteiger partial charge in [-0.15, -0.1) is 0 Å². The van der Waals surface area contributed by atoms with Crippen LogP contribution in [0.2, 0.25) is 0 Å². The summed E-state index contributed by atoms with van der Waals surface area (Å²) in [7, 11) is 0. The fourth-order valence-corrected chi connectivity index (χ4v) is 6.25. The summed E-state index contributed by atoms with van der Waals surface area (Å²) in [6, 6.07) is 7.59. The van der Waals surface area contributed by atoms with E-state index in [0.29, 0.717) is 16.7 Å². The number of phenols is 1. The Hall–Kier alpha value is -4.44. The summed E-state index contributed by atoms with van der Waals surface area (Å²) in [5, 5.41) is 54.2. The molecule has 0 aromatic heterocycles. The first kappa shape index (κ1) is 26.2. The summed E-state index contributed by atoms with van der Waals surface area (Å²) >= 11 is 0. The zero-order valence-electron chi connectivity index (χ0n) is 21.2. The van der Waals surface area contributed by atoms with Crippen LogP contribution >= 0.6 is 0 Å². The van der Waals surface area contributed by atoms with E-state index in [9.17, 15) is 44.7 Å². The van der Waals surface area contributed by atoms with E-state index in [4.69, 9.17) is 5.73 Å². The predicted molar refractivity (Wildman–Crippen MR) is 138 cm³/mol. The van der Waals surface area contributed by atoms with Crippen molar-refractivity contribution in [2.24, 2.45) is 17.6 Å². The van der Waals surface area contributed by atoms with Gasteiger partial charge in [-0.05, 0) is 59.6 Å². The number of aromatic hydroxyl groups is 1. The number of hydrogen-bond donors (Lipinski definition) is 6. The van der Waals surface area contributed by atoms with Crippen molar-refractivity contribution >= 4 is 29.2 Å². The number of aliphatic hydroxyl groups excluding tert-OH is 2. The molecule has 0 spiro atoms. The Bertz CT molecular complexity index is 1550. The molecular weight excluding hydrogens is 506 g/mol. The summed E-state index contributed by atoms with van der Waals surface area (Å²) in [5.74, 6) is -7.95. The minimum Gasteiger partial charge on any atom is -0.508 e. The fourth-order valence-electron chi connectivity index (χ4n) is 6.25. The summed E-state index contributed by atoms with van der Waals surface area (Å²) in [6.07, 6.45) is -0.108. The van der Waals surface area contributed by atoms with Gasteiger partial charge < -0.3 is 31.3 Å². The number of benzene rings is 2. The smallest absolute Gasteiger partial charge is 0.335 e. The molecule has 10 heteroatoms. The van der Waals surface area contributed by atoms with Crippen molar-refractivity contribution in [2.75, 3.05) is 0 Å². The lowest BCUT2D eigenvalue weighted by molar-refractivity contribution is -0.147. The first-order valence-corrected chi connectivity index (χ1v) is 12.5. The number of carboxylic acid groups (broad SMARTS) is 1. The van der Waals surface area contributed by atoms with Gasteiger partial charge in [-0.1, -0.05) is 26.0 Å². The highest BCUT2D eigenvalue weighted by atomic mass is 16.4. The molecule has 3 aliphatic rings. The zero-order chi connectivity index (χ0) is 28.5. The molecule has 0 unspecified atom stereocenters. The van der Waals surface area contributed by atoms with E-state index in [-0.39, 0.29) is 47.6 Å². The van der Waals surface area contributed by atoms with Crippen LogP contribution in [-0.2, 0) is 20.8 Å². The van der Waals surface area contributed by atoms with Crippen LogP contribution in [0.1, 0.15) is 59.7 Å². The molecule has 0 bridgehead atoms. The number of aliphatic hydroxyl groups is 3. The molecule has 0 aliphatic heterocycles. The standard InChI is InChI=1S/C29H27NO9/c1-11(2)16-10-17(12-3-5-13(6-4-12)28(37)38)23(32)21-18(16)8-14-7-15-9-19(31)22(27(30)36)26(35)29(15,39)25(34)20(14)24(21)33/h3-6,10-11,14-15,32-33,35,39H,7-9H2,1-2H3,(H2,30,36)(H,37,38)/t14-,15+,29+/m1/s1. The highest BCUT2D eigenvalue weighted by molar-refractivity contribution is 6.22. The normalized spacial score (nSPS) is 24.4. The number of aromatic carboxylic acids is 1. The van der Waals surface area contributed by atoms with Crippen LogP contribution in [0.3, 0.4) is 0 Å². The Morgan fingerprint density at radius 1 is 1.05 bits per heavy atom. The Balaban J connectivity index is 1.73. The van der Waals surface area contributed by atoms with E-state index >= 15 is 0 Å². The van der Waals surface area contributed by atoms with Crippen LogP contribution in [0.25, 0.3) is 16.9 Å². The molecule has 0 radical (unpaired) electrons. The number of fused-ring (bicyclic) bond motifs is 3. The number of rotatable bonds is 4. The van der Waals surface area contributed by atoms with Gasteiger partial charge in [-0.25, -0.2) is 4.79 Å². The molecule has 10 nitrogen and oxygen atoms in total. The topological polar surface area (TPSA) is 195 Å². The lowest BCUT2D eigenvalue weighted by Gasteiger charge is -2.46. The Morgan fingerprint density at radius 2 is 1.69 bits per heavy atom. The molecular formula is C29H27NO9. The van der Waals surface area contributed by atoms with Crippen LogP contribution in [0.15, 0.2) is 47.2 Å². The van der Waals surface area contributed by atoms with E-state index < -0.39 is 58.0 Å². The first-order valence-electron chi connectivity index (χ1n) is 12.5. The second-order valence-electron chi connectivity index (χ2n) is 10.7. The van der Waals surface area contributed by atoms with Crippen molar-refractivity contribution in [3.8, 4) is 16.9 Å². The number of carbonyl (C=O) groups excluding carboxylic acids is 3. The average molecular weight is 534 g/mol. The highest BCUT2D eigenvalue weighted by Crippen LogP contribution is 2.54. The van der Waals surface area contributed by atoms with Crippen molar-refractivity contribution < 1.29 is 44.7 Å². The van der Waals surface area contributed by atoms with Crippen LogP contribution in [0, 0.1) is 11.8 Å². The van der Waals surface area contributed by atoms with E-state index in [1.807, 2.05) is 13.8 Å². The summed E-state index contributed by atoms with van der Waals surface area (Å²) < 4.78 is 0. The molecule has 1 saturated carbocycles. The summed E-state index contributed by atoms with van der Waals surface area (Å²) in [4.78, 5) is 49.4. The maximum Gasteiger partial charge on any atom is 0.335 e. The lowest BCUT2D eigenvalue weighted by Crippen LogP contribution is -2.58. The summed E-state index contributed by atoms with van der Waals surface area (Å²) in [6.45, 7) is 3.86. The van der Waals surface area contributed by atoms with Crippen LogP contribution in [0.5, 0.6) is 5.75 Å². The second kappa shape index (κ2) is 8.81. The lowest BCUT2D eigenvalue weighted by atomic mass is 9.59. The number of ketones is 2. The molecule has 2 aromatic rings. The van der Waals surface area contributed by atoms with Gasteiger partial charge >= 0.3 is 5.97 Å². The maximum atomic E-state index is 13.7. The number of carbonyl (C=O) groups is 4. The average Bonchev–Trinajstić information content (AvgIpc) is 2.86. The van der Waals surface area contributed by atoms with Gasteiger partial charge in [-0.3, -0.25) is 14.4 Å². The third-order valence-electron chi connectivity index (χ3n) is 8.16. The minimum atomic E-state index is -2.63. The summed E-state index contributed by atoms with van der Waals surface area (Å²) in [5.41, 5.74) is 3.80. The minimum absolute atomic E-state index is 0.00522. The number of primary amides is 1. The van der Waals surface area contributed by atoms with E-state index in [2.05, 4.69) is 0 Å². The maximum absolute atomic E-state index is 13.7. The number of hydrogen-bond acceptors (Lipinski definition) is 8. The molecule has 3 atom stereocenters. The molecule has 5 rings (SSSR count). The van der Waals surface area contributed by atoms with Crippen molar-refractivity contribution in [3.05, 3.63) is 69.5 Å². The third kappa shape index (κ3) is 3.66. The number of nitrogens with two attached hydrogens (primary N) is 1. The number of phenolic OH excluding ortho intramolecular Hbond substituents is 1. The van der Waals surface area contributed by atoms with Crippen LogP contribution in [0.4, 0.5) is 0 Å². The van der Waals surface area contributed by atoms with Crippen molar-refractivity contribution in [1.29, 1.82) is 0 Å². The first-order chi connectivity index (χ1) is 18.3. The van der Waals surface area contributed by atoms with E-state index in [1.165, 1.54) is 24.3 Å². The quantitative estimate of drug-likeness (QED) is 0.320. The van der Waals surface area contributed by atoms with Gasteiger partial charge in [0.15, 0.2) is 11.4 Å². The monoisotopic (exact) mass is 533 g/mol. The van der Waals surface area contributed by atoms with Crippen molar-refractivity contribution in [2.45, 2.75) is 44.6 Å². The second-order valence-corrected chi connectivity index (χ2v) is 10.7. The molecule has 1 amide bonds. The Morgan fingerprint density at radius 3 is 2.26 bits per heavy atom. The molecule has 7 N–H and O–H groups in total. The highest BCUT2D eigenvalue weighted by Gasteiger charge is 2.60. The Kier molecular flexibility index (Phi) is 5.91. The molecule has 3 aliphatic carbocycles. The zero-order valence-corrected chi connectivity index (χ0v) is 21.2. The number of Topliss-reactive ketones (excluding diaryl/α,β-unsaturated/α-hetero) is 2. The molecule has 1 fully saturated rings. The molecule has 202 valence electrons. The molecule has 0 heterocycles. The molecule has 0 saturated heterocycles. The predicted octanol–water partition coefficient (Wildman–Crippen LogP) is 2.91. The molecule has 39 heavy (non-hydrogen) atoms. The van der Waals surface area contributed by atoms with Crippen LogP contribution < -0.4 is 5.73 Å². The number of amides is 1. The van der Waals surface area contributed by atoms with Gasteiger partial charge in [0.2, 0.25) is 5.78 Å². The van der Waals surface area contributed by atoms with Crippen LogP contribution in [-0.4, -0.2) is 54.6 Å². The fraction of sp³-hybridized carbons (Fsp3) is 0.310. The van der Waals surface area contributed by atoms with Gasteiger partial charge in [0.1, 0.15) is 22.8 Å². The Labute approximate surface area is 222 Å². The van der Waals surface area contributed by atoms with Crippen molar-refractivity contribution in [3.63, 3.8) is 0 Å².